The van der Waals surface area contributed by atoms with Gasteiger partial charge >= 0.3 is 0 Å². The summed E-state index contributed by atoms with van der Waals surface area (Å²) in [5.74, 6) is -0.353. The summed E-state index contributed by atoms with van der Waals surface area (Å²) in [6.45, 7) is 0. The Morgan fingerprint density at radius 1 is 1.15 bits per heavy atom. The molecule has 4 aromatic rings. The maximum Gasteiger partial charge on any atom is 0.269 e. The third-order valence-corrected chi connectivity index (χ3v) is 5.30. The van der Waals surface area contributed by atoms with Crippen molar-refractivity contribution in [1.82, 2.24) is 4.98 Å². The van der Waals surface area contributed by atoms with E-state index in [9.17, 15) is 10.1 Å². The smallest absolute Gasteiger partial charge is 0.258 e. The molecular formula is C20H12ClFN2O2S. The Kier molecular flexibility index (Phi) is 4.59. The number of fused-ring (bicyclic) bond motifs is 1. The van der Waals surface area contributed by atoms with Crippen LogP contribution in [-0.4, -0.2) is 9.91 Å². The highest BCUT2D eigenvalue weighted by Gasteiger charge is 2.18. The second-order valence-electron chi connectivity index (χ2n) is 6.03. The molecule has 134 valence electrons. The molecule has 0 saturated carbocycles. The number of hydrogen-bond donors (Lipinski definition) is 0. The van der Waals surface area contributed by atoms with E-state index in [1.807, 2.05) is 0 Å². The molecule has 1 heterocycles. The molecule has 3 aromatic carbocycles. The summed E-state index contributed by atoms with van der Waals surface area (Å²) in [5.41, 5.74) is 4.70. The largest absolute Gasteiger partial charge is 0.269 e. The summed E-state index contributed by atoms with van der Waals surface area (Å²) in [7, 11) is 0. The molecule has 0 amide bonds. The number of rotatable bonds is 4. The first kappa shape index (κ1) is 17.6. The van der Waals surface area contributed by atoms with Crippen molar-refractivity contribution in [2.75, 3.05) is 0 Å². The van der Waals surface area contributed by atoms with Gasteiger partial charge in [0.2, 0.25) is 0 Å². The van der Waals surface area contributed by atoms with Crippen molar-refractivity contribution in [3.63, 3.8) is 0 Å². The lowest BCUT2D eigenvalue weighted by Crippen LogP contribution is -1.97. The lowest BCUT2D eigenvalue weighted by Gasteiger charge is -2.11. The Morgan fingerprint density at radius 2 is 1.93 bits per heavy atom. The predicted molar refractivity (Wildman–Crippen MR) is 106 cm³/mol. The van der Waals surface area contributed by atoms with Crippen LogP contribution in [0.3, 0.4) is 0 Å². The van der Waals surface area contributed by atoms with Crippen LogP contribution in [0.1, 0.15) is 11.1 Å². The fourth-order valence-electron chi connectivity index (χ4n) is 3.02. The first-order chi connectivity index (χ1) is 13.0. The van der Waals surface area contributed by atoms with Crippen LogP contribution in [0.25, 0.3) is 21.3 Å². The van der Waals surface area contributed by atoms with Gasteiger partial charge in [-0.1, -0.05) is 35.9 Å². The Balaban J connectivity index is 1.82. The van der Waals surface area contributed by atoms with Gasteiger partial charge in [0, 0.05) is 29.1 Å². The van der Waals surface area contributed by atoms with Crippen molar-refractivity contribution in [2.24, 2.45) is 0 Å². The molecule has 0 atom stereocenters. The third-order valence-electron chi connectivity index (χ3n) is 4.29. The molecule has 27 heavy (non-hydrogen) atoms. The summed E-state index contributed by atoms with van der Waals surface area (Å²) in [4.78, 5) is 14.7. The van der Waals surface area contributed by atoms with Gasteiger partial charge in [-0.25, -0.2) is 9.37 Å². The molecule has 0 spiro atoms. The number of nitrogens with zero attached hydrogens (tertiary/aromatic N) is 2. The van der Waals surface area contributed by atoms with Gasteiger partial charge in [0.1, 0.15) is 5.82 Å². The number of halogens is 2. The summed E-state index contributed by atoms with van der Waals surface area (Å²) in [5, 5.41) is 11.3. The lowest BCUT2D eigenvalue weighted by molar-refractivity contribution is -0.384. The Labute approximate surface area is 163 Å². The molecule has 0 bridgehead atoms. The third kappa shape index (κ3) is 3.41. The molecule has 0 N–H and O–H groups in total. The zero-order valence-corrected chi connectivity index (χ0v) is 15.4. The highest BCUT2D eigenvalue weighted by Crippen LogP contribution is 2.36. The molecule has 0 aliphatic heterocycles. The van der Waals surface area contributed by atoms with Gasteiger partial charge in [0.05, 0.1) is 20.7 Å². The molecule has 0 aliphatic carbocycles. The molecule has 1 aromatic heterocycles. The van der Waals surface area contributed by atoms with Gasteiger partial charge in [-0.3, -0.25) is 10.1 Å². The van der Waals surface area contributed by atoms with E-state index in [0.717, 1.165) is 10.3 Å². The number of nitro benzene ring substituents is 1. The second kappa shape index (κ2) is 7.06. The average Bonchev–Trinajstić information content (AvgIpc) is 3.10. The van der Waals surface area contributed by atoms with Crippen molar-refractivity contribution >= 4 is 38.8 Å². The maximum atomic E-state index is 15.4. The van der Waals surface area contributed by atoms with Gasteiger partial charge in [0.15, 0.2) is 0 Å². The van der Waals surface area contributed by atoms with Crippen molar-refractivity contribution in [1.29, 1.82) is 0 Å². The normalized spacial score (nSPS) is 11.0. The summed E-state index contributed by atoms with van der Waals surface area (Å²) in [6.07, 6.45) is 0.325. The number of aromatic nitrogens is 1. The zero-order chi connectivity index (χ0) is 19.0. The summed E-state index contributed by atoms with van der Waals surface area (Å²) in [6, 6.07) is 15.0. The molecule has 0 aliphatic rings. The van der Waals surface area contributed by atoms with E-state index in [1.54, 1.807) is 48.0 Å². The fraction of sp³-hybridized carbons (Fsp3) is 0.0500. The van der Waals surface area contributed by atoms with E-state index in [1.165, 1.54) is 23.5 Å². The van der Waals surface area contributed by atoms with Crippen LogP contribution in [0.5, 0.6) is 0 Å². The SMILES string of the molecule is O=[N+]([O-])c1ccc(Cc2cc3scnc3c(-c3cccc(Cl)c3)c2F)cc1. The van der Waals surface area contributed by atoms with Crippen molar-refractivity contribution < 1.29 is 9.31 Å². The van der Waals surface area contributed by atoms with E-state index in [2.05, 4.69) is 4.98 Å². The monoisotopic (exact) mass is 398 g/mol. The van der Waals surface area contributed by atoms with E-state index in [-0.39, 0.29) is 11.5 Å². The van der Waals surface area contributed by atoms with Crippen LogP contribution in [-0.2, 0) is 6.42 Å². The van der Waals surface area contributed by atoms with Crippen LogP contribution < -0.4 is 0 Å². The van der Waals surface area contributed by atoms with Gasteiger partial charge in [0.25, 0.3) is 5.69 Å². The van der Waals surface area contributed by atoms with Crippen molar-refractivity contribution in [3.05, 3.63) is 92.2 Å². The predicted octanol–water partition coefficient (Wildman–Crippen LogP) is 6.25. The van der Waals surface area contributed by atoms with E-state index < -0.39 is 4.92 Å². The Hall–Kier alpha value is -2.83. The molecule has 0 fully saturated rings. The molecule has 0 saturated heterocycles. The van der Waals surface area contributed by atoms with E-state index >= 15 is 4.39 Å². The highest BCUT2D eigenvalue weighted by atomic mass is 35.5. The second-order valence-corrected chi connectivity index (χ2v) is 7.36. The minimum Gasteiger partial charge on any atom is -0.258 e. The summed E-state index contributed by atoms with van der Waals surface area (Å²) >= 11 is 7.53. The van der Waals surface area contributed by atoms with Crippen LogP contribution in [0, 0.1) is 15.9 Å². The Morgan fingerprint density at radius 3 is 2.63 bits per heavy atom. The molecule has 4 nitrogen and oxygen atoms in total. The quantitative estimate of drug-likeness (QED) is 0.301. The van der Waals surface area contributed by atoms with Crippen molar-refractivity contribution in [3.8, 4) is 11.1 Å². The molecular weight excluding hydrogens is 387 g/mol. The topological polar surface area (TPSA) is 56.0 Å². The minimum absolute atomic E-state index is 0.0109. The molecule has 0 radical (unpaired) electrons. The molecule has 0 unspecified atom stereocenters. The van der Waals surface area contributed by atoms with Gasteiger partial charge < -0.3 is 0 Å². The summed E-state index contributed by atoms with van der Waals surface area (Å²) < 4.78 is 16.3. The van der Waals surface area contributed by atoms with Crippen LogP contribution in [0.15, 0.2) is 60.1 Å². The Bertz CT molecular complexity index is 1160. The van der Waals surface area contributed by atoms with Gasteiger partial charge in [-0.15, -0.1) is 11.3 Å². The molecule has 4 rings (SSSR count). The molecule has 7 heteroatoms. The fourth-order valence-corrected chi connectivity index (χ4v) is 3.96. The van der Waals surface area contributed by atoms with Gasteiger partial charge in [-0.05, 0) is 34.9 Å². The van der Waals surface area contributed by atoms with Crippen LogP contribution >= 0.6 is 22.9 Å². The van der Waals surface area contributed by atoms with Crippen molar-refractivity contribution in [2.45, 2.75) is 6.42 Å². The average molecular weight is 399 g/mol. The van der Waals surface area contributed by atoms with E-state index in [0.29, 0.717) is 33.7 Å². The first-order valence-electron chi connectivity index (χ1n) is 8.07. The number of benzene rings is 3. The standard InChI is InChI=1S/C20H12ClFN2O2S/c21-15-3-1-2-13(9-15)18-19(22)14(10-17-20(18)23-11-27-17)8-12-4-6-16(7-5-12)24(25)26/h1-7,9-11H,8H2. The maximum absolute atomic E-state index is 15.4. The van der Waals surface area contributed by atoms with Gasteiger partial charge in [-0.2, -0.15) is 0 Å². The number of non-ortho nitro benzene ring substituents is 1. The number of nitro groups is 1. The van der Waals surface area contributed by atoms with E-state index in [4.69, 9.17) is 11.6 Å². The number of hydrogen-bond acceptors (Lipinski definition) is 4. The van der Waals surface area contributed by atoms with Crippen LogP contribution in [0.4, 0.5) is 10.1 Å². The lowest BCUT2D eigenvalue weighted by atomic mass is 9.97. The number of thiazole rings is 1. The van der Waals surface area contributed by atoms with Crippen LogP contribution in [0.2, 0.25) is 5.02 Å². The minimum atomic E-state index is -0.453. The first-order valence-corrected chi connectivity index (χ1v) is 9.32. The highest BCUT2D eigenvalue weighted by molar-refractivity contribution is 7.16. The zero-order valence-electron chi connectivity index (χ0n) is 13.9.